The molecule has 0 aliphatic heterocycles. The summed E-state index contributed by atoms with van der Waals surface area (Å²) in [6.45, 7) is 16.0. The van der Waals surface area contributed by atoms with E-state index in [1.165, 1.54) is 25.7 Å². The molecule has 1 aliphatic rings. The van der Waals surface area contributed by atoms with Crippen molar-refractivity contribution in [2.75, 3.05) is 13.7 Å². The Hall–Kier alpha value is -2.67. The van der Waals surface area contributed by atoms with Gasteiger partial charge in [0.05, 0.1) is 18.2 Å². The zero-order valence-electron chi connectivity index (χ0n) is 21.2. The third-order valence-corrected chi connectivity index (χ3v) is 5.60. The van der Waals surface area contributed by atoms with Gasteiger partial charge in [-0.15, -0.1) is 0 Å². The average molecular weight is 439 g/mol. The summed E-state index contributed by atoms with van der Waals surface area (Å²) in [6.07, 6.45) is 15.4. The van der Waals surface area contributed by atoms with E-state index in [-0.39, 0.29) is 5.97 Å². The van der Waals surface area contributed by atoms with Crippen LogP contribution in [0.5, 0.6) is 0 Å². The summed E-state index contributed by atoms with van der Waals surface area (Å²) in [5.41, 5.74) is 4.17. The van der Waals surface area contributed by atoms with E-state index in [4.69, 9.17) is 10.00 Å². The zero-order chi connectivity index (χ0) is 24.5. The number of carbonyl (C=O) groups is 1. The van der Waals surface area contributed by atoms with Crippen LogP contribution >= 0.6 is 0 Å². The van der Waals surface area contributed by atoms with Crippen molar-refractivity contribution in [3.63, 3.8) is 0 Å². The zero-order valence-corrected chi connectivity index (χ0v) is 21.2. The average Bonchev–Trinajstić information content (AvgIpc) is 3.30. The number of nitrogens with zero attached hydrogens (tertiary/aromatic N) is 2. The van der Waals surface area contributed by atoms with Crippen molar-refractivity contribution < 1.29 is 9.53 Å². The number of allylic oxidation sites excluding steroid dienone is 7. The molecule has 0 saturated heterocycles. The standard InChI is InChI=1S/C19H27NO2.C9H15N/c1-8-12-17(14(5)6)18(15(9-2)13-20-7)16(10-3)19(21)22-11-4;1-8(6-7-10)9-4-2-3-5-9/h8-10,12-13H,3,11H2,1-2,4-7H3;8-9H,2-6H2,1H3/b12-8-,15-9+,18-16+,20-13?;/t;8-/m.1/s1. The van der Waals surface area contributed by atoms with Gasteiger partial charge in [0.25, 0.3) is 0 Å². The Balaban J connectivity index is 0.000000792. The fraction of sp³-hybridized carbons (Fsp3) is 0.536. The highest BCUT2D eigenvalue weighted by Gasteiger charge is 2.21. The Morgan fingerprint density at radius 3 is 2.28 bits per heavy atom. The third kappa shape index (κ3) is 9.64. The fourth-order valence-electron chi connectivity index (χ4n) is 3.88. The van der Waals surface area contributed by atoms with E-state index in [1.807, 2.05) is 45.9 Å². The Morgan fingerprint density at radius 1 is 1.25 bits per heavy atom. The van der Waals surface area contributed by atoms with Crippen LogP contribution in [0.1, 0.15) is 73.6 Å². The molecule has 32 heavy (non-hydrogen) atoms. The summed E-state index contributed by atoms with van der Waals surface area (Å²) in [5, 5.41) is 8.45. The van der Waals surface area contributed by atoms with Crippen LogP contribution in [0.25, 0.3) is 0 Å². The number of nitriles is 1. The van der Waals surface area contributed by atoms with E-state index >= 15 is 0 Å². The first kappa shape index (κ1) is 29.3. The molecule has 0 radical (unpaired) electrons. The lowest BCUT2D eigenvalue weighted by atomic mass is 9.89. The first-order valence-corrected chi connectivity index (χ1v) is 11.6. The molecule has 0 N–H and O–H groups in total. The molecule has 0 spiro atoms. The molecule has 1 rings (SSSR count). The quantitative estimate of drug-likeness (QED) is 0.164. The molecule has 4 heteroatoms. The minimum atomic E-state index is -0.375. The molecular weight excluding hydrogens is 396 g/mol. The molecule has 0 aromatic carbocycles. The second-order valence-corrected chi connectivity index (χ2v) is 8.14. The van der Waals surface area contributed by atoms with Crippen molar-refractivity contribution >= 4 is 12.2 Å². The second-order valence-electron chi connectivity index (χ2n) is 8.14. The largest absolute Gasteiger partial charge is 0.462 e. The van der Waals surface area contributed by atoms with Crippen LogP contribution in [0.2, 0.25) is 0 Å². The van der Waals surface area contributed by atoms with E-state index in [2.05, 4.69) is 24.6 Å². The fourth-order valence-corrected chi connectivity index (χ4v) is 3.88. The lowest BCUT2D eigenvalue weighted by molar-refractivity contribution is -0.138. The Bertz CT molecular complexity index is 794. The van der Waals surface area contributed by atoms with Gasteiger partial charge in [-0.1, -0.05) is 69.1 Å². The van der Waals surface area contributed by atoms with Crippen LogP contribution in [-0.2, 0) is 9.53 Å². The number of aliphatic imine (C=N–C) groups is 1. The molecule has 1 saturated carbocycles. The SMILES string of the molecule is C=C/C(C(=O)OCC)=C(C(/C=C\C)=C(C)C)/C(C=NC)=C/C.C[C@H](CC#N)C1CCCC1. The van der Waals surface area contributed by atoms with Crippen molar-refractivity contribution in [3.8, 4) is 6.07 Å². The molecule has 0 heterocycles. The van der Waals surface area contributed by atoms with Crippen molar-refractivity contribution in [1.29, 1.82) is 5.26 Å². The van der Waals surface area contributed by atoms with Gasteiger partial charge in [-0.25, -0.2) is 4.79 Å². The van der Waals surface area contributed by atoms with E-state index in [1.54, 1.807) is 26.3 Å². The predicted molar refractivity (Wildman–Crippen MR) is 137 cm³/mol. The van der Waals surface area contributed by atoms with E-state index < -0.39 is 0 Å². The van der Waals surface area contributed by atoms with Gasteiger partial charge in [-0.05, 0) is 57.6 Å². The summed E-state index contributed by atoms with van der Waals surface area (Å²) >= 11 is 0. The smallest absolute Gasteiger partial charge is 0.338 e. The topological polar surface area (TPSA) is 62.4 Å². The van der Waals surface area contributed by atoms with E-state index in [0.717, 1.165) is 34.6 Å². The number of hydrogen-bond acceptors (Lipinski definition) is 4. The van der Waals surface area contributed by atoms with Gasteiger partial charge in [0.15, 0.2) is 0 Å². The number of rotatable bonds is 9. The van der Waals surface area contributed by atoms with Crippen LogP contribution < -0.4 is 0 Å². The lowest BCUT2D eigenvalue weighted by Crippen LogP contribution is -2.11. The maximum Gasteiger partial charge on any atom is 0.338 e. The molecule has 0 amide bonds. The minimum absolute atomic E-state index is 0.324. The molecule has 1 aliphatic carbocycles. The van der Waals surface area contributed by atoms with Gasteiger partial charge in [0, 0.05) is 25.3 Å². The molecule has 0 bridgehead atoms. The summed E-state index contributed by atoms with van der Waals surface area (Å²) in [4.78, 5) is 16.4. The molecule has 1 atom stereocenters. The molecule has 0 aromatic rings. The van der Waals surface area contributed by atoms with Gasteiger partial charge < -0.3 is 4.74 Å². The number of ether oxygens (including phenoxy) is 1. The van der Waals surface area contributed by atoms with Crippen LogP contribution in [-0.4, -0.2) is 25.8 Å². The number of hydrogen-bond donors (Lipinski definition) is 0. The van der Waals surface area contributed by atoms with Crippen molar-refractivity contribution in [3.05, 3.63) is 58.7 Å². The summed E-state index contributed by atoms with van der Waals surface area (Å²) in [5.74, 6) is 1.13. The monoisotopic (exact) mass is 438 g/mol. The summed E-state index contributed by atoms with van der Waals surface area (Å²) in [6, 6.07) is 2.24. The Kier molecular flexibility index (Phi) is 15.5. The van der Waals surface area contributed by atoms with E-state index in [0.29, 0.717) is 18.1 Å². The molecule has 4 nitrogen and oxygen atoms in total. The summed E-state index contributed by atoms with van der Waals surface area (Å²) < 4.78 is 5.17. The maximum atomic E-state index is 12.3. The first-order chi connectivity index (χ1) is 15.3. The van der Waals surface area contributed by atoms with Gasteiger partial charge in [-0.3, -0.25) is 4.99 Å². The van der Waals surface area contributed by atoms with Crippen molar-refractivity contribution in [2.24, 2.45) is 16.8 Å². The van der Waals surface area contributed by atoms with Gasteiger partial charge >= 0.3 is 5.97 Å². The van der Waals surface area contributed by atoms with Crippen LogP contribution in [0.15, 0.2) is 63.7 Å². The normalized spacial score (nSPS) is 16.1. The van der Waals surface area contributed by atoms with E-state index in [9.17, 15) is 4.79 Å². The predicted octanol–water partition coefficient (Wildman–Crippen LogP) is 7.32. The highest BCUT2D eigenvalue weighted by molar-refractivity contribution is 5.99. The highest BCUT2D eigenvalue weighted by atomic mass is 16.5. The molecule has 1 fully saturated rings. The molecule has 0 unspecified atom stereocenters. The highest BCUT2D eigenvalue weighted by Crippen LogP contribution is 2.32. The molecule has 0 aromatic heterocycles. The lowest BCUT2D eigenvalue weighted by Gasteiger charge is -2.16. The van der Waals surface area contributed by atoms with Crippen molar-refractivity contribution in [2.45, 2.75) is 73.6 Å². The van der Waals surface area contributed by atoms with Gasteiger partial charge in [0.2, 0.25) is 0 Å². The Labute approximate surface area is 196 Å². The number of carbonyl (C=O) groups excluding carboxylic acids is 1. The van der Waals surface area contributed by atoms with Crippen LogP contribution in [0.4, 0.5) is 0 Å². The third-order valence-electron chi connectivity index (χ3n) is 5.60. The molecular formula is C28H42N2O2. The summed E-state index contributed by atoms with van der Waals surface area (Å²) in [7, 11) is 1.71. The van der Waals surface area contributed by atoms with Gasteiger partial charge in [0.1, 0.15) is 0 Å². The number of esters is 1. The van der Waals surface area contributed by atoms with Crippen LogP contribution in [0, 0.1) is 23.2 Å². The van der Waals surface area contributed by atoms with Crippen LogP contribution in [0.3, 0.4) is 0 Å². The van der Waals surface area contributed by atoms with Crippen molar-refractivity contribution in [1.82, 2.24) is 0 Å². The first-order valence-electron chi connectivity index (χ1n) is 11.6. The maximum absolute atomic E-state index is 12.3. The minimum Gasteiger partial charge on any atom is -0.462 e. The second kappa shape index (κ2) is 17.0. The Morgan fingerprint density at radius 2 is 1.88 bits per heavy atom. The van der Waals surface area contributed by atoms with Gasteiger partial charge in [-0.2, -0.15) is 5.26 Å². The molecule has 176 valence electrons.